The van der Waals surface area contributed by atoms with Gasteiger partial charge in [0, 0.05) is 11.8 Å². The maximum Gasteiger partial charge on any atom is 0.00285 e. The molecule has 0 unspecified atom stereocenters. The highest BCUT2D eigenvalue weighted by Crippen LogP contribution is 2.42. The van der Waals surface area contributed by atoms with Crippen LogP contribution in [0.25, 0.3) is 0 Å². The molecule has 2 atom stereocenters. The summed E-state index contributed by atoms with van der Waals surface area (Å²) in [6.07, 6.45) is 40.6. The van der Waals surface area contributed by atoms with Gasteiger partial charge in [-0.2, -0.15) is 0 Å². The van der Waals surface area contributed by atoms with Gasteiger partial charge in [-0.3, -0.25) is 0 Å². The van der Waals surface area contributed by atoms with Gasteiger partial charge in [-0.1, -0.05) is 158 Å². The zero-order valence-electron chi connectivity index (χ0n) is 27.2. The Hall–Kier alpha value is -2.86. The molecule has 0 N–H and O–H groups in total. The number of hydrogen-bond acceptors (Lipinski definition) is 0. The van der Waals surface area contributed by atoms with Crippen LogP contribution in [0.5, 0.6) is 0 Å². The van der Waals surface area contributed by atoms with Crippen LogP contribution in [0.4, 0.5) is 0 Å². The van der Waals surface area contributed by atoms with Crippen LogP contribution in [0, 0.1) is 22.7 Å². The molecule has 0 aliphatic heterocycles. The van der Waals surface area contributed by atoms with E-state index in [0.29, 0.717) is 22.7 Å². The fourth-order valence-corrected chi connectivity index (χ4v) is 5.80. The Kier molecular flexibility index (Phi) is 13.2. The quantitative estimate of drug-likeness (QED) is 0.192. The van der Waals surface area contributed by atoms with Gasteiger partial charge in [-0.25, -0.2) is 0 Å². The van der Waals surface area contributed by atoms with Crippen LogP contribution < -0.4 is 0 Å². The molecule has 0 heteroatoms. The molecule has 0 heterocycles. The van der Waals surface area contributed by atoms with E-state index in [4.69, 9.17) is 0 Å². The SMILES string of the molecule is CC1=CCCC(C)(C)[C@@H]1/C=C/C(C)=C/C=C/C(C)=C/C=C/C=C(C)/C=C/C=C(C)/C=C/[C@H]1C(C)=CCCC1(C)C. The topological polar surface area (TPSA) is 0 Å². The van der Waals surface area contributed by atoms with Crippen molar-refractivity contribution in [3.63, 3.8) is 0 Å². The molecule has 0 saturated heterocycles. The molecule has 0 bridgehead atoms. The number of rotatable bonds is 10. The largest absolute Gasteiger partial charge is 0.0850 e. The molecule has 0 saturated carbocycles. The standard InChI is InChI=1S/C40H56/c1-31(19-13-21-33(3)25-27-37-35(5)23-15-29-39(37,7)8)17-11-12-18-32(2)20-14-22-34(4)26-28-38-36(6)24-16-30-40(38,9)10/h11-14,17-28,37-38H,15-16,29-30H2,1-10H3/b12-11+,19-13+,20-14+,27-25+,28-26+,31-17+,32-18+,33-21+,34-22+/t37-,38+. The van der Waals surface area contributed by atoms with Gasteiger partial charge in [0.2, 0.25) is 0 Å². The third-order valence-electron chi connectivity index (χ3n) is 8.54. The first kappa shape index (κ1) is 33.3. The average molecular weight is 537 g/mol. The first-order valence-electron chi connectivity index (χ1n) is 15.2. The lowest BCUT2D eigenvalue weighted by molar-refractivity contribution is 0.255. The molecule has 0 nitrogen and oxygen atoms in total. The Bertz CT molecular complexity index is 1090. The normalized spacial score (nSPS) is 25.1. The van der Waals surface area contributed by atoms with Crippen molar-refractivity contribution >= 4 is 0 Å². The van der Waals surface area contributed by atoms with Gasteiger partial charge >= 0.3 is 0 Å². The van der Waals surface area contributed by atoms with Gasteiger partial charge < -0.3 is 0 Å². The molecule has 2 aliphatic rings. The van der Waals surface area contributed by atoms with Crippen LogP contribution in [0.15, 0.2) is 131 Å². The molecule has 216 valence electrons. The number of hydrogen-bond donors (Lipinski definition) is 0. The van der Waals surface area contributed by atoms with Gasteiger partial charge in [0.25, 0.3) is 0 Å². The third-order valence-corrected chi connectivity index (χ3v) is 8.54. The van der Waals surface area contributed by atoms with Crippen LogP contribution >= 0.6 is 0 Å². The fourth-order valence-electron chi connectivity index (χ4n) is 5.80. The summed E-state index contributed by atoms with van der Waals surface area (Å²) < 4.78 is 0. The summed E-state index contributed by atoms with van der Waals surface area (Å²) in [5, 5.41) is 0. The molecule has 0 radical (unpaired) electrons. The minimum Gasteiger partial charge on any atom is -0.0850 e. The lowest BCUT2D eigenvalue weighted by Gasteiger charge is -2.36. The molecule has 0 amide bonds. The molecule has 0 aromatic rings. The first-order chi connectivity index (χ1) is 18.8. The summed E-state index contributed by atoms with van der Waals surface area (Å²) in [5.41, 5.74) is 8.72. The van der Waals surface area contributed by atoms with Crippen LogP contribution in [0.3, 0.4) is 0 Å². The van der Waals surface area contributed by atoms with Gasteiger partial charge in [-0.15, -0.1) is 0 Å². The van der Waals surface area contributed by atoms with Crippen molar-refractivity contribution in [3.8, 4) is 0 Å². The van der Waals surface area contributed by atoms with Crippen molar-refractivity contribution in [3.05, 3.63) is 131 Å². The highest BCUT2D eigenvalue weighted by atomic mass is 14.4. The van der Waals surface area contributed by atoms with E-state index in [2.05, 4.69) is 166 Å². The molecular formula is C40H56. The van der Waals surface area contributed by atoms with E-state index in [9.17, 15) is 0 Å². The van der Waals surface area contributed by atoms with E-state index in [0.717, 1.165) is 0 Å². The molecule has 0 fully saturated rings. The molecule has 0 aromatic carbocycles. The van der Waals surface area contributed by atoms with Gasteiger partial charge in [0.05, 0.1) is 0 Å². The Morgan fingerprint density at radius 1 is 0.550 bits per heavy atom. The van der Waals surface area contributed by atoms with E-state index in [-0.39, 0.29) is 0 Å². The number of allylic oxidation sites excluding steroid dienone is 22. The van der Waals surface area contributed by atoms with E-state index >= 15 is 0 Å². The monoisotopic (exact) mass is 536 g/mol. The second-order valence-corrected chi connectivity index (χ2v) is 13.4. The molecule has 0 spiro atoms. The van der Waals surface area contributed by atoms with Crippen molar-refractivity contribution < 1.29 is 0 Å². The Morgan fingerprint density at radius 3 is 1.23 bits per heavy atom. The van der Waals surface area contributed by atoms with E-state index in [1.807, 2.05) is 0 Å². The van der Waals surface area contributed by atoms with E-state index in [1.165, 1.54) is 59.1 Å². The predicted molar refractivity (Wildman–Crippen MR) is 181 cm³/mol. The molecule has 0 aromatic heterocycles. The average Bonchev–Trinajstić information content (AvgIpc) is 2.85. The highest BCUT2D eigenvalue weighted by Gasteiger charge is 2.31. The van der Waals surface area contributed by atoms with Gasteiger partial charge in [-0.05, 0) is 78.1 Å². The van der Waals surface area contributed by atoms with E-state index < -0.39 is 0 Å². The first-order valence-corrected chi connectivity index (χ1v) is 15.2. The zero-order valence-corrected chi connectivity index (χ0v) is 27.2. The third kappa shape index (κ3) is 11.3. The summed E-state index contributed by atoms with van der Waals surface area (Å²) in [7, 11) is 0. The van der Waals surface area contributed by atoms with Crippen LogP contribution in [0.1, 0.15) is 94.9 Å². The van der Waals surface area contributed by atoms with Gasteiger partial charge in [0.15, 0.2) is 0 Å². The van der Waals surface area contributed by atoms with Crippen molar-refractivity contribution in [1.82, 2.24) is 0 Å². The van der Waals surface area contributed by atoms with Gasteiger partial charge in [0.1, 0.15) is 0 Å². The van der Waals surface area contributed by atoms with Crippen LogP contribution in [-0.2, 0) is 0 Å². The zero-order chi connectivity index (χ0) is 29.8. The molecule has 2 rings (SSSR count). The molecular weight excluding hydrogens is 480 g/mol. The van der Waals surface area contributed by atoms with Crippen molar-refractivity contribution in [2.45, 2.75) is 94.9 Å². The summed E-state index contributed by atoms with van der Waals surface area (Å²) in [5.74, 6) is 1.06. The van der Waals surface area contributed by atoms with Crippen LogP contribution in [-0.4, -0.2) is 0 Å². The molecule has 40 heavy (non-hydrogen) atoms. The van der Waals surface area contributed by atoms with Crippen molar-refractivity contribution in [2.24, 2.45) is 22.7 Å². The summed E-state index contributed by atoms with van der Waals surface area (Å²) in [6, 6.07) is 0. The Morgan fingerprint density at radius 2 is 0.875 bits per heavy atom. The minimum absolute atomic E-state index is 0.343. The highest BCUT2D eigenvalue weighted by molar-refractivity contribution is 5.33. The smallest absolute Gasteiger partial charge is 0.00285 e. The summed E-state index contributed by atoms with van der Waals surface area (Å²) in [6.45, 7) is 22.7. The summed E-state index contributed by atoms with van der Waals surface area (Å²) >= 11 is 0. The Labute approximate surface area is 247 Å². The second-order valence-electron chi connectivity index (χ2n) is 13.4. The van der Waals surface area contributed by atoms with Crippen LogP contribution in [0.2, 0.25) is 0 Å². The maximum atomic E-state index is 2.40. The van der Waals surface area contributed by atoms with Crippen molar-refractivity contribution in [1.29, 1.82) is 0 Å². The lowest BCUT2D eigenvalue weighted by Crippen LogP contribution is -2.26. The van der Waals surface area contributed by atoms with Crippen molar-refractivity contribution in [2.75, 3.05) is 0 Å². The fraction of sp³-hybridized carbons (Fsp3) is 0.450. The maximum absolute atomic E-state index is 2.40. The minimum atomic E-state index is 0.343. The summed E-state index contributed by atoms with van der Waals surface area (Å²) in [4.78, 5) is 0. The second kappa shape index (κ2) is 15.8. The molecule has 2 aliphatic carbocycles. The lowest BCUT2D eigenvalue weighted by atomic mass is 9.68. The van der Waals surface area contributed by atoms with E-state index in [1.54, 1.807) is 0 Å². The predicted octanol–water partition coefficient (Wildman–Crippen LogP) is 12.3. The Balaban J connectivity index is 1.87.